The third-order valence-corrected chi connectivity index (χ3v) is 3.91. The molecule has 1 nitrogen and oxygen atoms in total. The Morgan fingerprint density at radius 1 is 1.58 bits per heavy atom. The second-order valence-corrected chi connectivity index (χ2v) is 5.15. The Labute approximate surface area is 80.3 Å². The predicted octanol–water partition coefficient (Wildman–Crippen LogP) is 2.70. The maximum atomic E-state index is 11.6. The van der Waals surface area contributed by atoms with Crippen molar-refractivity contribution in [2.24, 2.45) is 11.8 Å². The zero-order valence-electron chi connectivity index (χ0n) is 8.13. The molecule has 0 amide bonds. The van der Waals surface area contributed by atoms with Crippen molar-refractivity contribution in [1.82, 2.24) is 0 Å². The van der Waals surface area contributed by atoms with Crippen molar-refractivity contribution in [3.05, 3.63) is 0 Å². The molecule has 1 rings (SSSR count). The molecule has 12 heavy (non-hydrogen) atoms. The van der Waals surface area contributed by atoms with E-state index >= 15 is 0 Å². The SMILES string of the molecule is CC1CCC(=O)C(S)(C(C)C)C1. The van der Waals surface area contributed by atoms with Crippen molar-refractivity contribution in [2.75, 3.05) is 0 Å². The molecule has 0 aromatic carbocycles. The van der Waals surface area contributed by atoms with Crippen molar-refractivity contribution < 1.29 is 4.79 Å². The Morgan fingerprint density at radius 2 is 2.17 bits per heavy atom. The Morgan fingerprint density at radius 3 is 2.58 bits per heavy atom. The highest BCUT2D eigenvalue weighted by Gasteiger charge is 2.41. The molecule has 2 atom stereocenters. The highest BCUT2D eigenvalue weighted by Crippen LogP contribution is 2.39. The second-order valence-electron chi connectivity index (χ2n) is 4.35. The molecule has 0 aromatic rings. The summed E-state index contributed by atoms with van der Waals surface area (Å²) in [6, 6.07) is 0. The maximum Gasteiger partial charge on any atom is 0.148 e. The van der Waals surface area contributed by atoms with Crippen LogP contribution >= 0.6 is 12.6 Å². The molecule has 0 spiro atoms. The molecule has 70 valence electrons. The first-order valence-electron chi connectivity index (χ1n) is 4.72. The van der Waals surface area contributed by atoms with Gasteiger partial charge in [-0.25, -0.2) is 0 Å². The second kappa shape index (κ2) is 3.41. The van der Waals surface area contributed by atoms with Crippen molar-refractivity contribution in [3.8, 4) is 0 Å². The summed E-state index contributed by atoms with van der Waals surface area (Å²) in [6.45, 7) is 6.38. The maximum absolute atomic E-state index is 11.6. The van der Waals surface area contributed by atoms with Gasteiger partial charge >= 0.3 is 0 Å². The Hall–Kier alpha value is 0.0200. The van der Waals surface area contributed by atoms with Crippen molar-refractivity contribution >= 4 is 18.4 Å². The number of hydrogen-bond donors (Lipinski definition) is 1. The van der Waals surface area contributed by atoms with Crippen molar-refractivity contribution in [3.63, 3.8) is 0 Å². The molecule has 2 unspecified atom stereocenters. The molecule has 0 heterocycles. The van der Waals surface area contributed by atoms with Gasteiger partial charge in [-0.15, -0.1) is 0 Å². The third-order valence-electron chi connectivity index (χ3n) is 2.96. The Kier molecular flexibility index (Phi) is 2.87. The van der Waals surface area contributed by atoms with Gasteiger partial charge in [0.05, 0.1) is 4.75 Å². The topological polar surface area (TPSA) is 17.1 Å². The lowest BCUT2D eigenvalue weighted by Gasteiger charge is -2.37. The van der Waals surface area contributed by atoms with Crippen LogP contribution < -0.4 is 0 Å². The van der Waals surface area contributed by atoms with E-state index in [-0.39, 0.29) is 4.75 Å². The van der Waals surface area contributed by atoms with E-state index in [0.717, 1.165) is 19.3 Å². The van der Waals surface area contributed by atoms with E-state index in [4.69, 9.17) is 0 Å². The summed E-state index contributed by atoms with van der Waals surface area (Å²) >= 11 is 4.55. The average Bonchev–Trinajstić information content (AvgIpc) is 1.97. The normalized spacial score (nSPS) is 37.4. The minimum Gasteiger partial charge on any atom is -0.298 e. The first-order valence-corrected chi connectivity index (χ1v) is 5.17. The van der Waals surface area contributed by atoms with Crippen LogP contribution in [0.1, 0.15) is 40.0 Å². The molecular formula is C10H18OS. The van der Waals surface area contributed by atoms with Gasteiger partial charge in [-0.1, -0.05) is 20.8 Å². The summed E-state index contributed by atoms with van der Waals surface area (Å²) in [4.78, 5) is 11.6. The van der Waals surface area contributed by atoms with Gasteiger partial charge < -0.3 is 0 Å². The van der Waals surface area contributed by atoms with Crippen LogP contribution in [0.3, 0.4) is 0 Å². The largest absolute Gasteiger partial charge is 0.298 e. The molecule has 1 aliphatic rings. The van der Waals surface area contributed by atoms with E-state index in [1.165, 1.54) is 0 Å². The van der Waals surface area contributed by atoms with E-state index in [9.17, 15) is 4.79 Å². The number of carbonyl (C=O) groups excluding carboxylic acids is 1. The molecule has 0 aliphatic heterocycles. The number of carbonyl (C=O) groups is 1. The fourth-order valence-electron chi connectivity index (χ4n) is 1.90. The molecule has 0 saturated heterocycles. The zero-order chi connectivity index (χ0) is 9.35. The first kappa shape index (κ1) is 10.1. The van der Waals surface area contributed by atoms with Gasteiger partial charge in [-0.3, -0.25) is 4.79 Å². The monoisotopic (exact) mass is 186 g/mol. The third kappa shape index (κ3) is 1.68. The van der Waals surface area contributed by atoms with E-state index < -0.39 is 0 Å². The molecule has 1 fully saturated rings. The molecule has 0 bridgehead atoms. The Bertz CT molecular complexity index is 188. The number of rotatable bonds is 1. The molecule has 0 aromatic heterocycles. The first-order chi connectivity index (χ1) is 5.47. The Balaban J connectivity index is 2.78. The van der Waals surface area contributed by atoms with Crippen LogP contribution in [0.5, 0.6) is 0 Å². The highest BCUT2D eigenvalue weighted by molar-refractivity contribution is 7.82. The number of ketones is 1. The average molecular weight is 186 g/mol. The summed E-state index contributed by atoms with van der Waals surface area (Å²) < 4.78 is -0.336. The van der Waals surface area contributed by atoms with Crippen LogP contribution in [-0.4, -0.2) is 10.5 Å². The van der Waals surface area contributed by atoms with Crippen LogP contribution in [0.15, 0.2) is 0 Å². The van der Waals surface area contributed by atoms with Gasteiger partial charge in [0.2, 0.25) is 0 Å². The lowest BCUT2D eigenvalue weighted by atomic mass is 9.75. The van der Waals surface area contributed by atoms with E-state index in [2.05, 4.69) is 33.4 Å². The molecule has 0 N–H and O–H groups in total. The van der Waals surface area contributed by atoms with Crippen LogP contribution in [0.25, 0.3) is 0 Å². The van der Waals surface area contributed by atoms with Gasteiger partial charge in [0.1, 0.15) is 5.78 Å². The van der Waals surface area contributed by atoms with Crippen LogP contribution in [0.4, 0.5) is 0 Å². The predicted molar refractivity (Wildman–Crippen MR) is 54.6 cm³/mol. The molecule has 1 aliphatic carbocycles. The van der Waals surface area contributed by atoms with Crippen molar-refractivity contribution in [2.45, 2.75) is 44.8 Å². The van der Waals surface area contributed by atoms with Gasteiger partial charge in [-0.05, 0) is 24.7 Å². The summed E-state index contributed by atoms with van der Waals surface area (Å²) in [5, 5.41) is 0. The summed E-state index contributed by atoms with van der Waals surface area (Å²) in [7, 11) is 0. The molecule has 0 radical (unpaired) electrons. The zero-order valence-corrected chi connectivity index (χ0v) is 9.03. The lowest BCUT2D eigenvalue weighted by molar-refractivity contribution is -0.124. The van der Waals surface area contributed by atoms with Crippen LogP contribution in [0, 0.1) is 11.8 Å². The minimum atomic E-state index is -0.336. The number of thiol groups is 1. The highest BCUT2D eigenvalue weighted by atomic mass is 32.1. The number of hydrogen-bond acceptors (Lipinski definition) is 2. The summed E-state index contributed by atoms with van der Waals surface area (Å²) in [5.74, 6) is 1.36. The van der Waals surface area contributed by atoms with Gasteiger partial charge in [0.25, 0.3) is 0 Å². The number of Topliss-reactive ketones (excluding diaryl/α,β-unsaturated/α-hetero) is 1. The quantitative estimate of drug-likeness (QED) is 0.623. The summed E-state index contributed by atoms with van der Waals surface area (Å²) in [5.41, 5.74) is 0. The smallest absolute Gasteiger partial charge is 0.148 e. The van der Waals surface area contributed by atoms with E-state index in [1.54, 1.807) is 0 Å². The minimum absolute atomic E-state index is 0.336. The van der Waals surface area contributed by atoms with E-state index in [0.29, 0.717) is 17.6 Å². The molecular weight excluding hydrogens is 168 g/mol. The standard InChI is InChI=1S/C10H18OS/c1-7(2)10(12)6-8(3)4-5-9(10)11/h7-8,12H,4-6H2,1-3H3. The fourth-order valence-corrected chi connectivity index (χ4v) is 2.32. The van der Waals surface area contributed by atoms with Gasteiger partial charge in [0, 0.05) is 6.42 Å². The lowest BCUT2D eigenvalue weighted by Crippen LogP contribution is -2.43. The fraction of sp³-hybridized carbons (Fsp3) is 0.900. The van der Waals surface area contributed by atoms with E-state index in [1.807, 2.05) is 0 Å². The van der Waals surface area contributed by atoms with Crippen molar-refractivity contribution in [1.29, 1.82) is 0 Å². The molecule has 2 heteroatoms. The van der Waals surface area contributed by atoms with Gasteiger partial charge in [-0.2, -0.15) is 12.6 Å². The van der Waals surface area contributed by atoms with Crippen LogP contribution in [-0.2, 0) is 4.79 Å². The van der Waals surface area contributed by atoms with Crippen LogP contribution in [0.2, 0.25) is 0 Å². The molecule has 1 saturated carbocycles. The van der Waals surface area contributed by atoms with Gasteiger partial charge in [0.15, 0.2) is 0 Å². The summed E-state index contributed by atoms with van der Waals surface area (Å²) in [6.07, 6.45) is 2.73.